The van der Waals surface area contributed by atoms with Crippen molar-refractivity contribution >= 4 is 6.21 Å². The van der Waals surface area contributed by atoms with Crippen LogP contribution in [0.2, 0.25) is 0 Å². The van der Waals surface area contributed by atoms with E-state index >= 15 is 0 Å². The first-order valence-electron chi connectivity index (χ1n) is 5.43. The molecule has 1 fully saturated rings. The number of ether oxygens (including phenoxy) is 2. The van der Waals surface area contributed by atoms with Crippen LogP contribution in [-0.2, 0) is 0 Å². The number of methoxy groups -OCH3 is 1. The molecular formula is C12H15N2O2+. The van der Waals surface area contributed by atoms with Crippen molar-refractivity contribution in [2.24, 2.45) is 0 Å². The first-order valence-corrected chi connectivity index (χ1v) is 5.43. The van der Waals surface area contributed by atoms with E-state index in [1.165, 1.54) is 0 Å². The van der Waals surface area contributed by atoms with E-state index in [2.05, 4.69) is 22.7 Å². The fourth-order valence-electron chi connectivity index (χ4n) is 2.19. The van der Waals surface area contributed by atoms with E-state index in [-0.39, 0.29) is 6.35 Å². The fraction of sp³-hybridized carbons (Fsp3) is 0.417. The Morgan fingerprint density at radius 1 is 1.50 bits per heavy atom. The molecule has 1 unspecified atom stereocenters. The zero-order chi connectivity index (χ0) is 11.1. The molecule has 2 heterocycles. The Morgan fingerprint density at radius 3 is 3.19 bits per heavy atom. The minimum Gasteiger partial charge on any atom is -0.497 e. The highest BCUT2D eigenvalue weighted by Gasteiger charge is 2.38. The molecule has 0 amide bonds. The third-order valence-corrected chi connectivity index (χ3v) is 3.13. The summed E-state index contributed by atoms with van der Waals surface area (Å²) in [7, 11) is 3.75. The minimum absolute atomic E-state index is 0.0564. The summed E-state index contributed by atoms with van der Waals surface area (Å²) in [5.41, 5.74) is 1.09. The summed E-state index contributed by atoms with van der Waals surface area (Å²) in [5.74, 6) is 1.79. The smallest absolute Gasteiger partial charge is 0.363 e. The number of benzene rings is 1. The van der Waals surface area contributed by atoms with Crippen LogP contribution in [0.25, 0.3) is 0 Å². The highest BCUT2D eigenvalue weighted by atomic mass is 16.5. The van der Waals surface area contributed by atoms with Gasteiger partial charge in [0.15, 0.2) is 12.8 Å². The topological polar surface area (TPSA) is 24.7 Å². The monoisotopic (exact) mass is 219 g/mol. The molecule has 0 spiro atoms. The molecule has 84 valence electrons. The largest absolute Gasteiger partial charge is 0.497 e. The SMILES string of the molecule is COc1ccc2c(c1)C=[N+]1CCN(C)C1O2. The maximum Gasteiger partial charge on any atom is 0.363 e. The van der Waals surface area contributed by atoms with Crippen LogP contribution in [0.15, 0.2) is 18.2 Å². The van der Waals surface area contributed by atoms with Gasteiger partial charge in [-0.05, 0) is 25.2 Å². The molecular weight excluding hydrogens is 204 g/mol. The van der Waals surface area contributed by atoms with Crippen molar-refractivity contribution in [3.8, 4) is 11.5 Å². The van der Waals surface area contributed by atoms with Gasteiger partial charge in [0.25, 0.3) is 0 Å². The van der Waals surface area contributed by atoms with Crippen LogP contribution in [0.4, 0.5) is 0 Å². The summed E-state index contributed by atoms with van der Waals surface area (Å²) in [6.45, 7) is 2.05. The van der Waals surface area contributed by atoms with Gasteiger partial charge in [-0.3, -0.25) is 0 Å². The molecule has 0 aliphatic carbocycles. The molecule has 0 bridgehead atoms. The molecule has 4 nitrogen and oxygen atoms in total. The maximum absolute atomic E-state index is 5.93. The van der Waals surface area contributed by atoms with Crippen LogP contribution in [0, 0.1) is 0 Å². The van der Waals surface area contributed by atoms with Crippen molar-refractivity contribution in [3.63, 3.8) is 0 Å². The second-order valence-electron chi connectivity index (χ2n) is 4.20. The van der Waals surface area contributed by atoms with Gasteiger partial charge in [0.05, 0.1) is 19.2 Å². The van der Waals surface area contributed by atoms with Crippen LogP contribution in [0.3, 0.4) is 0 Å². The van der Waals surface area contributed by atoms with Gasteiger partial charge < -0.3 is 9.47 Å². The van der Waals surface area contributed by atoms with Gasteiger partial charge in [0.2, 0.25) is 0 Å². The van der Waals surface area contributed by atoms with Crippen molar-refractivity contribution in [1.29, 1.82) is 0 Å². The van der Waals surface area contributed by atoms with Crippen LogP contribution < -0.4 is 9.47 Å². The third-order valence-electron chi connectivity index (χ3n) is 3.13. The molecule has 16 heavy (non-hydrogen) atoms. The molecule has 2 aliphatic rings. The van der Waals surface area contributed by atoms with Crippen LogP contribution in [0.1, 0.15) is 5.56 Å². The second kappa shape index (κ2) is 3.49. The van der Waals surface area contributed by atoms with Gasteiger partial charge in [0.1, 0.15) is 11.5 Å². The van der Waals surface area contributed by atoms with Gasteiger partial charge in [-0.15, -0.1) is 0 Å². The Balaban J connectivity index is 2.02. The Morgan fingerprint density at radius 2 is 2.38 bits per heavy atom. The number of hydrogen-bond donors (Lipinski definition) is 0. The quantitative estimate of drug-likeness (QED) is 0.651. The van der Waals surface area contributed by atoms with E-state index < -0.39 is 0 Å². The van der Waals surface area contributed by atoms with Crippen molar-refractivity contribution < 1.29 is 14.0 Å². The highest BCUT2D eigenvalue weighted by Crippen LogP contribution is 2.28. The lowest BCUT2D eigenvalue weighted by atomic mass is 10.2. The van der Waals surface area contributed by atoms with E-state index in [0.717, 1.165) is 30.2 Å². The Hall–Kier alpha value is -1.55. The number of fused-ring (bicyclic) bond motifs is 2. The number of nitrogens with zero attached hydrogens (tertiary/aromatic N) is 2. The molecule has 1 atom stereocenters. The summed E-state index contributed by atoms with van der Waals surface area (Å²) in [5, 5.41) is 0. The summed E-state index contributed by atoms with van der Waals surface area (Å²) < 4.78 is 13.4. The standard InChI is InChI=1S/C12H15N2O2/c1-13-5-6-14-8-9-7-10(15-2)3-4-11(9)16-12(13)14/h3-4,7-8,12H,5-6H2,1-2H3/q+1. The molecule has 0 saturated carbocycles. The normalized spacial score (nSPS) is 23.1. The van der Waals surface area contributed by atoms with E-state index in [9.17, 15) is 0 Å². The molecule has 1 aromatic rings. The number of rotatable bonds is 1. The molecule has 3 rings (SSSR count). The molecule has 4 heteroatoms. The lowest BCUT2D eigenvalue weighted by Crippen LogP contribution is -2.39. The molecule has 0 aromatic heterocycles. The number of hydrogen-bond acceptors (Lipinski definition) is 3. The van der Waals surface area contributed by atoms with Gasteiger partial charge in [-0.2, -0.15) is 4.58 Å². The van der Waals surface area contributed by atoms with E-state index in [1.807, 2.05) is 18.2 Å². The average Bonchev–Trinajstić information content (AvgIpc) is 2.67. The Bertz CT molecular complexity index is 456. The van der Waals surface area contributed by atoms with Crippen molar-refractivity contribution in [2.45, 2.75) is 6.35 Å². The van der Waals surface area contributed by atoms with Gasteiger partial charge in [0, 0.05) is 0 Å². The molecule has 1 saturated heterocycles. The van der Waals surface area contributed by atoms with Crippen LogP contribution in [0.5, 0.6) is 11.5 Å². The highest BCUT2D eigenvalue weighted by molar-refractivity contribution is 5.81. The predicted molar refractivity (Wildman–Crippen MR) is 60.3 cm³/mol. The first-order chi connectivity index (χ1) is 7.78. The summed E-state index contributed by atoms with van der Waals surface area (Å²) in [6, 6.07) is 5.90. The number of likely N-dealkylation sites (N-methyl/N-ethyl adjacent to an activating group) is 1. The van der Waals surface area contributed by atoms with Gasteiger partial charge >= 0.3 is 6.35 Å². The van der Waals surface area contributed by atoms with Crippen molar-refractivity contribution in [3.05, 3.63) is 23.8 Å². The fourth-order valence-corrected chi connectivity index (χ4v) is 2.19. The molecule has 0 radical (unpaired) electrons. The zero-order valence-corrected chi connectivity index (χ0v) is 9.51. The summed E-state index contributed by atoms with van der Waals surface area (Å²) >= 11 is 0. The van der Waals surface area contributed by atoms with E-state index in [0.29, 0.717) is 0 Å². The predicted octanol–water partition coefficient (Wildman–Crippen LogP) is 0.748. The van der Waals surface area contributed by atoms with Crippen molar-refractivity contribution in [1.82, 2.24) is 4.90 Å². The minimum atomic E-state index is 0.0564. The Labute approximate surface area is 94.7 Å². The van der Waals surface area contributed by atoms with E-state index in [1.54, 1.807) is 7.11 Å². The summed E-state index contributed by atoms with van der Waals surface area (Å²) in [6.07, 6.45) is 2.20. The average molecular weight is 219 g/mol. The van der Waals surface area contributed by atoms with Gasteiger partial charge in [-0.1, -0.05) is 0 Å². The lowest BCUT2D eigenvalue weighted by Gasteiger charge is -2.21. The van der Waals surface area contributed by atoms with Crippen LogP contribution in [-0.4, -0.2) is 49.3 Å². The molecule has 2 aliphatic heterocycles. The van der Waals surface area contributed by atoms with Gasteiger partial charge in [-0.25, -0.2) is 4.90 Å². The molecule has 1 aromatic carbocycles. The lowest BCUT2D eigenvalue weighted by molar-refractivity contribution is -0.592. The Kier molecular flexibility index (Phi) is 2.11. The van der Waals surface area contributed by atoms with Crippen LogP contribution >= 0.6 is 0 Å². The summed E-state index contributed by atoms with van der Waals surface area (Å²) in [4.78, 5) is 2.20. The van der Waals surface area contributed by atoms with Crippen molar-refractivity contribution in [2.75, 3.05) is 27.2 Å². The zero-order valence-electron chi connectivity index (χ0n) is 9.51. The first kappa shape index (κ1) is 9.66. The molecule has 0 N–H and O–H groups in total. The van der Waals surface area contributed by atoms with E-state index in [4.69, 9.17) is 9.47 Å². The second-order valence-corrected chi connectivity index (χ2v) is 4.20. The maximum atomic E-state index is 5.93. The third kappa shape index (κ3) is 1.38.